The van der Waals surface area contributed by atoms with Crippen molar-refractivity contribution in [2.75, 3.05) is 13.3 Å². The van der Waals surface area contributed by atoms with E-state index in [0.717, 1.165) is 16.6 Å². The molecule has 0 bridgehead atoms. The van der Waals surface area contributed by atoms with Gasteiger partial charge in [-0.25, -0.2) is 4.79 Å². The lowest BCUT2D eigenvalue weighted by molar-refractivity contribution is 0.224. The second kappa shape index (κ2) is 8.58. The van der Waals surface area contributed by atoms with Crippen molar-refractivity contribution in [3.63, 3.8) is 0 Å². The van der Waals surface area contributed by atoms with Crippen molar-refractivity contribution in [2.24, 2.45) is 0 Å². The van der Waals surface area contributed by atoms with E-state index in [0.29, 0.717) is 6.54 Å². The number of hydrogen-bond acceptors (Lipinski definition) is 2. The standard InChI is InChI=1S/C18H21BrN2O2/c1-13-7-8-16(11-14(13)2)23-12-21-18(22)20-10-9-15-5-3-4-6-17(15)19/h3-8,11H,9-10,12H2,1-2H3,(H2,20,21,22). The smallest absolute Gasteiger partial charge is 0.317 e. The highest BCUT2D eigenvalue weighted by molar-refractivity contribution is 9.10. The zero-order valence-electron chi connectivity index (χ0n) is 13.4. The first-order chi connectivity index (χ1) is 11.1. The van der Waals surface area contributed by atoms with Crippen molar-refractivity contribution >= 4 is 22.0 Å². The van der Waals surface area contributed by atoms with E-state index in [-0.39, 0.29) is 12.8 Å². The average molecular weight is 377 g/mol. The Kier molecular flexibility index (Phi) is 6.47. The highest BCUT2D eigenvalue weighted by atomic mass is 79.9. The number of hydrogen-bond donors (Lipinski definition) is 2. The summed E-state index contributed by atoms with van der Waals surface area (Å²) in [5.41, 5.74) is 3.55. The molecule has 2 N–H and O–H groups in total. The summed E-state index contributed by atoms with van der Waals surface area (Å²) in [6.45, 7) is 4.79. The fourth-order valence-electron chi connectivity index (χ4n) is 2.06. The van der Waals surface area contributed by atoms with Crippen LogP contribution in [0.4, 0.5) is 4.79 Å². The Balaban J connectivity index is 1.67. The van der Waals surface area contributed by atoms with Gasteiger partial charge < -0.3 is 15.4 Å². The Labute approximate surface area is 145 Å². The quantitative estimate of drug-likeness (QED) is 0.750. The van der Waals surface area contributed by atoms with Crippen molar-refractivity contribution in [3.8, 4) is 5.75 Å². The Hall–Kier alpha value is -2.01. The molecule has 0 radical (unpaired) electrons. The third kappa shape index (κ3) is 5.60. The van der Waals surface area contributed by atoms with Crippen LogP contribution in [0.2, 0.25) is 0 Å². The number of amides is 2. The number of ether oxygens (including phenoxy) is 1. The van der Waals surface area contributed by atoms with Crippen LogP contribution in [-0.2, 0) is 6.42 Å². The van der Waals surface area contributed by atoms with E-state index in [4.69, 9.17) is 4.74 Å². The number of rotatable bonds is 6. The summed E-state index contributed by atoms with van der Waals surface area (Å²) in [6, 6.07) is 13.6. The molecule has 2 rings (SSSR count). The molecule has 0 atom stereocenters. The Morgan fingerprint density at radius 2 is 1.87 bits per heavy atom. The molecule has 4 nitrogen and oxygen atoms in total. The monoisotopic (exact) mass is 376 g/mol. The predicted molar refractivity (Wildman–Crippen MR) is 95.8 cm³/mol. The van der Waals surface area contributed by atoms with E-state index in [1.807, 2.05) is 49.4 Å². The van der Waals surface area contributed by atoms with Gasteiger partial charge in [0, 0.05) is 11.0 Å². The summed E-state index contributed by atoms with van der Waals surface area (Å²) in [4.78, 5) is 11.7. The number of halogens is 1. The summed E-state index contributed by atoms with van der Waals surface area (Å²) in [6.07, 6.45) is 0.771. The van der Waals surface area contributed by atoms with Gasteiger partial charge in [-0.05, 0) is 55.2 Å². The second-order valence-electron chi connectivity index (χ2n) is 5.31. The molecule has 23 heavy (non-hydrogen) atoms. The summed E-state index contributed by atoms with van der Waals surface area (Å²) >= 11 is 3.49. The van der Waals surface area contributed by atoms with E-state index < -0.39 is 0 Å². The molecule has 5 heteroatoms. The van der Waals surface area contributed by atoms with Gasteiger partial charge in [-0.3, -0.25) is 0 Å². The molecule has 0 aliphatic rings. The van der Waals surface area contributed by atoms with Gasteiger partial charge in [0.2, 0.25) is 0 Å². The zero-order chi connectivity index (χ0) is 16.7. The van der Waals surface area contributed by atoms with Gasteiger partial charge in [-0.2, -0.15) is 0 Å². The maximum absolute atomic E-state index is 11.7. The van der Waals surface area contributed by atoms with Crippen LogP contribution in [0.1, 0.15) is 16.7 Å². The van der Waals surface area contributed by atoms with Crippen LogP contribution in [0, 0.1) is 13.8 Å². The minimum Gasteiger partial charge on any atom is -0.473 e. The molecule has 0 aromatic heterocycles. The minimum absolute atomic E-state index is 0.142. The molecule has 0 unspecified atom stereocenters. The number of carbonyl (C=O) groups excluding carboxylic acids is 1. The first kappa shape index (κ1) is 17.3. The molecule has 0 heterocycles. The molecular formula is C18H21BrN2O2. The van der Waals surface area contributed by atoms with Gasteiger partial charge in [0.05, 0.1) is 0 Å². The van der Waals surface area contributed by atoms with E-state index >= 15 is 0 Å². The number of carbonyl (C=O) groups is 1. The number of nitrogens with one attached hydrogen (secondary N) is 2. The SMILES string of the molecule is Cc1ccc(OCNC(=O)NCCc2ccccc2Br)cc1C. The van der Waals surface area contributed by atoms with Crippen molar-refractivity contribution in [2.45, 2.75) is 20.3 Å². The second-order valence-corrected chi connectivity index (χ2v) is 6.16. The molecule has 2 aromatic rings. The van der Waals surface area contributed by atoms with Gasteiger partial charge in [0.25, 0.3) is 0 Å². The Morgan fingerprint density at radius 1 is 1.09 bits per heavy atom. The first-order valence-electron chi connectivity index (χ1n) is 7.51. The third-order valence-corrected chi connectivity index (χ3v) is 4.36. The van der Waals surface area contributed by atoms with Crippen molar-refractivity contribution in [1.29, 1.82) is 0 Å². The molecule has 0 spiro atoms. The summed E-state index contributed by atoms with van der Waals surface area (Å²) in [5.74, 6) is 0.751. The van der Waals surface area contributed by atoms with Crippen molar-refractivity contribution in [1.82, 2.24) is 10.6 Å². The van der Waals surface area contributed by atoms with E-state index in [2.05, 4.69) is 33.5 Å². The molecule has 0 fully saturated rings. The molecule has 2 amide bonds. The highest BCUT2D eigenvalue weighted by Crippen LogP contribution is 2.16. The van der Waals surface area contributed by atoms with Crippen LogP contribution in [0.3, 0.4) is 0 Å². The van der Waals surface area contributed by atoms with E-state index in [9.17, 15) is 4.79 Å². The molecule has 122 valence electrons. The fourth-order valence-corrected chi connectivity index (χ4v) is 2.55. The Bertz CT molecular complexity index is 674. The van der Waals surface area contributed by atoms with Gasteiger partial charge in [0.15, 0.2) is 6.73 Å². The number of urea groups is 1. The maximum Gasteiger partial charge on any atom is 0.317 e. The van der Waals surface area contributed by atoms with Crippen LogP contribution in [0.5, 0.6) is 5.75 Å². The van der Waals surface area contributed by atoms with Gasteiger partial charge in [-0.15, -0.1) is 0 Å². The summed E-state index contributed by atoms with van der Waals surface area (Å²) < 4.78 is 6.57. The van der Waals surface area contributed by atoms with Crippen molar-refractivity contribution < 1.29 is 9.53 Å². The largest absolute Gasteiger partial charge is 0.473 e. The normalized spacial score (nSPS) is 10.2. The van der Waals surface area contributed by atoms with Crippen LogP contribution in [0.25, 0.3) is 0 Å². The number of aryl methyl sites for hydroxylation is 2. The molecular weight excluding hydrogens is 356 g/mol. The number of benzene rings is 2. The molecule has 0 saturated heterocycles. The average Bonchev–Trinajstić information content (AvgIpc) is 2.53. The molecule has 0 aliphatic heterocycles. The van der Waals surface area contributed by atoms with Crippen LogP contribution >= 0.6 is 15.9 Å². The topological polar surface area (TPSA) is 50.4 Å². The predicted octanol–water partition coefficient (Wildman–Crippen LogP) is 3.94. The van der Waals surface area contributed by atoms with E-state index in [1.54, 1.807) is 0 Å². The molecule has 0 aliphatic carbocycles. The zero-order valence-corrected chi connectivity index (χ0v) is 14.9. The Morgan fingerprint density at radius 3 is 2.61 bits per heavy atom. The van der Waals surface area contributed by atoms with Gasteiger partial charge >= 0.3 is 6.03 Å². The highest BCUT2D eigenvalue weighted by Gasteiger charge is 2.02. The van der Waals surface area contributed by atoms with Crippen LogP contribution < -0.4 is 15.4 Å². The van der Waals surface area contributed by atoms with Crippen LogP contribution in [-0.4, -0.2) is 19.3 Å². The lowest BCUT2D eigenvalue weighted by Gasteiger charge is -2.11. The maximum atomic E-state index is 11.7. The van der Waals surface area contributed by atoms with E-state index in [1.165, 1.54) is 16.7 Å². The first-order valence-corrected chi connectivity index (χ1v) is 8.30. The van der Waals surface area contributed by atoms with Crippen molar-refractivity contribution in [3.05, 3.63) is 63.6 Å². The lowest BCUT2D eigenvalue weighted by atomic mass is 10.1. The lowest BCUT2D eigenvalue weighted by Crippen LogP contribution is -2.38. The summed E-state index contributed by atoms with van der Waals surface area (Å²) in [5, 5.41) is 5.50. The minimum atomic E-state index is -0.235. The van der Waals surface area contributed by atoms with Gasteiger partial charge in [0.1, 0.15) is 5.75 Å². The molecule has 2 aromatic carbocycles. The fraction of sp³-hybridized carbons (Fsp3) is 0.278. The summed E-state index contributed by atoms with van der Waals surface area (Å²) in [7, 11) is 0. The molecule has 0 saturated carbocycles. The third-order valence-electron chi connectivity index (χ3n) is 3.59. The van der Waals surface area contributed by atoms with Gasteiger partial charge in [-0.1, -0.05) is 40.2 Å². The van der Waals surface area contributed by atoms with Crippen LogP contribution in [0.15, 0.2) is 46.9 Å².